The molecule has 0 aliphatic rings. The Morgan fingerprint density at radius 2 is 1.95 bits per heavy atom. The van der Waals surface area contributed by atoms with Gasteiger partial charge in [-0.2, -0.15) is 0 Å². The number of pyridine rings is 1. The maximum absolute atomic E-state index is 12.0. The Morgan fingerprint density at radius 3 is 2.55 bits per heavy atom. The summed E-state index contributed by atoms with van der Waals surface area (Å²) in [6.45, 7) is 4.06. The number of carbonyl (C=O) groups is 1. The summed E-state index contributed by atoms with van der Waals surface area (Å²) in [4.78, 5) is 16.2. The maximum Gasteiger partial charge on any atom is 0.338 e. The molecule has 0 aliphatic heterocycles. The molecule has 1 heterocycles. The number of ether oxygens (including phenoxy) is 1. The molecule has 20 heavy (non-hydrogen) atoms. The molecule has 2 rings (SSSR count). The molecule has 0 spiro atoms. The number of rotatable bonds is 3. The van der Waals surface area contributed by atoms with Gasteiger partial charge < -0.3 is 4.74 Å². The first kappa shape index (κ1) is 14.0. The summed E-state index contributed by atoms with van der Waals surface area (Å²) in [7, 11) is 1.38. The van der Waals surface area contributed by atoms with Crippen molar-refractivity contribution in [3.05, 3.63) is 65.0 Å². The lowest BCUT2D eigenvalue weighted by atomic mass is 9.99. The highest BCUT2D eigenvalue weighted by atomic mass is 16.5. The van der Waals surface area contributed by atoms with Crippen molar-refractivity contribution < 1.29 is 9.53 Å². The average molecular weight is 267 g/mol. The lowest BCUT2D eigenvalue weighted by Crippen LogP contribution is -2.04. The highest BCUT2D eigenvalue weighted by Crippen LogP contribution is 2.21. The van der Waals surface area contributed by atoms with E-state index in [1.54, 1.807) is 12.3 Å². The van der Waals surface area contributed by atoms with Gasteiger partial charge in [0.2, 0.25) is 0 Å². The standard InChI is InChI=1S/C17H17NO2/c1-12-7-8-14(10-13(12)2)16(17(19)20-3)11-15-6-4-5-9-18-15/h4-11H,1-3H3/b16-11+. The molecular weight excluding hydrogens is 250 g/mol. The van der Waals surface area contributed by atoms with Crippen molar-refractivity contribution in [1.82, 2.24) is 4.98 Å². The number of carbonyl (C=O) groups excluding carboxylic acids is 1. The molecule has 2 aromatic rings. The van der Waals surface area contributed by atoms with Gasteiger partial charge >= 0.3 is 5.97 Å². The van der Waals surface area contributed by atoms with E-state index in [1.807, 2.05) is 50.2 Å². The Morgan fingerprint density at radius 1 is 1.15 bits per heavy atom. The SMILES string of the molecule is COC(=O)/C(=C/c1ccccn1)c1ccc(C)c(C)c1. The molecule has 1 aromatic heterocycles. The van der Waals surface area contributed by atoms with Gasteiger partial charge in [-0.25, -0.2) is 4.79 Å². The number of methoxy groups -OCH3 is 1. The fourth-order valence-electron chi connectivity index (χ4n) is 1.89. The zero-order chi connectivity index (χ0) is 14.5. The van der Waals surface area contributed by atoms with Crippen molar-refractivity contribution >= 4 is 17.6 Å². The molecular formula is C17H17NO2. The van der Waals surface area contributed by atoms with Crippen LogP contribution in [0.15, 0.2) is 42.6 Å². The van der Waals surface area contributed by atoms with E-state index in [9.17, 15) is 4.79 Å². The molecule has 0 amide bonds. The van der Waals surface area contributed by atoms with E-state index < -0.39 is 0 Å². The molecule has 0 radical (unpaired) electrons. The van der Waals surface area contributed by atoms with Crippen LogP contribution in [0.5, 0.6) is 0 Å². The van der Waals surface area contributed by atoms with Crippen molar-refractivity contribution in [3.8, 4) is 0 Å². The highest BCUT2D eigenvalue weighted by Gasteiger charge is 2.13. The van der Waals surface area contributed by atoms with E-state index >= 15 is 0 Å². The predicted molar refractivity (Wildman–Crippen MR) is 80.0 cm³/mol. The van der Waals surface area contributed by atoms with E-state index in [0.717, 1.165) is 16.8 Å². The molecule has 0 saturated heterocycles. The number of hydrogen-bond acceptors (Lipinski definition) is 3. The third kappa shape index (κ3) is 3.12. The van der Waals surface area contributed by atoms with Crippen molar-refractivity contribution in [2.45, 2.75) is 13.8 Å². The normalized spacial score (nSPS) is 11.2. The molecule has 102 valence electrons. The van der Waals surface area contributed by atoms with Crippen LogP contribution in [-0.2, 0) is 9.53 Å². The summed E-state index contributed by atoms with van der Waals surface area (Å²) in [6, 6.07) is 11.5. The Hall–Kier alpha value is -2.42. The van der Waals surface area contributed by atoms with E-state index in [2.05, 4.69) is 4.98 Å². The van der Waals surface area contributed by atoms with Crippen LogP contribution in [0.1, 0.15) is 22.4 Å². The van der Waals surface area contributed by atoms with Gasteiger partial charge in [0.1, 0.15) is 0 Å². The van der Waals surface area contributed by atoms with Crippen LogP contribution in [0.3, 0.4) is 0 Å². The minimum absolute atomic E-state index is 0.362. The first-order valence-electron chi connectivity index (χ1n) is 6.40. The first-order chi connectivity index (χ1) is 9.61. The van der Waals surface area contributed by atoms with Crippen molar-refractivity contribution in [3.63, 3.8) is 0 Å². The lowest BCUT2D eigenvalue weighted by molar-refractivity contribution is -0.133. The number of aromatic nitrogens is 1. The largest absolute Gasteiger partial charge is 0.465 e. The second-order valence-corrected chi connectivity index (χ2v) is 4.60. The molecule has 0 atom stereocenters. The van der Waals surface area contributed by atoms with Crippen LogP contribution in [0.25, 0.3) is 11.6 Å². The van der Waals surface area contributed by atoms with Gasteiger partial charge in [-0.1, -0.05) is 24.3 Å². The van der Waals surface area contributed by atoms with Crippen LogP contribution < -0.4 is 0 Å². The molecule has 0 bridgehead atoms. The number of benzene rings is 1. The first-order valence-corrected chi connectivity index (χ1v) is 6.40. The zero-order valence-corrected chi connectivity index (χ0v) is 11.9. The average Bonchev–Trinajstić information content (AvgIpc) is 2.48. The molecule has 0 fully saturated rings. The highest BCUT2D eigenvalue weighted by molar-refractivity contribution is 6.21. The Labute approximate surface area is 118 Å². The minimum Gasteiger partial charge on any atom is -0.465 e. The van der Waals surface area contributed by atoms with Gasteiger partial charge in [0.25, 0.3) is 0 Å². The van der Waals surface area contributed by atoms with Crippen molar-refractivity contribution in [1.29, 1.82) is 0 Å². The summed E-state index contributed by atoms with van der Waals surface area (Å²) in [5, 5.41) is 0. The van der Waals surface area contributed by atoms with E-state index in [1.165, 1.54) is 12.7 Å². The summed E-state index contributed by atoms with van der Waals surface area (Å²) in [5.74, 6) is -0.362. The van der Waals surface area contributed by atoms with Gasteiger partial charge in [-0.15, -0.1) is 0 Å². The molecule has 0 N–H and O–H groups in total. The van der Waals surface area contributed by atoms with Crippen LogP contribution >= 0.6 is 0 Å². The van der Waals surface area contributed by atoms with Crippen LogP contribution in [0.2, 0.25) is 0 Å². The predicted octanol–water partition coefficient (Wildman–Crippen LogP) is 3.41. The smallest absolute Gasteiger partial charge is 0.338 e. The second-order valence-electron chi connectivity index (χ2n) is 4.60. The lowest BCUT2D eigenvalue weighted by Gasteiger charge is -2.08. The minimum atomic E-state index is -0.362. The number of hydrogen-bond donors (Lipinski definition) is 0. The summed E-state index contributed by atoms with van der Waals surface area (Å²) >= 11 is 0. The zero-order valence-electron chi connectivity index (χ0n) is 11.9. The number of nitrogens with zero attached hydrogens (tertiary/aromatic N) is 1. The van der Waals surface area contributed by atoms with Crippen molar-refractivity contribution in [2.24, 2.45) is 0 Å². The van der Waals surface area contributed by atoms with E-state index in [-0.39, 0.29) is 5.97 Å². The van der Waals surface area contributed by atoms with Gasteiger partial charge in [0.15, 0.2) is 0 Å². The van der Waals surface area contributed by atoms with Crippen molar-refractivity contribution in [2.75, 3.05) is 7.11 Å². The Bertz CT molecular complexity index is 645. The van der Waals surface area contributed by atoms with Crippen LogP contribution in [0, 0.1) is 13.8 Å². The molecule has 3 nitrogen and oxygen atoms in total. The topological polar surface area (TPSA) is 39.2 Å². The van der Waals surface area contributed by atoms with Crippen LogP contribution in [-0.4, -0.2) is 18.1 Å². The van der Waals surface area contributed by atoms with E-state index in [0.29, 0.717) is 5.57 Å². The second kappa shape index (κ2) is 6.15. The number of esters is 1. The molecule has 3 heteroatoms. The summed E-state index contributed by atoms with van der Waals surface area (Å²) in [6.07, 6.45) is 3.44. The fraction of sp³-hybridized carbons (Fsp3) is 0.176. The Kier molecular flexibility index (Phi) is 4.31. The summed E-state index contributed by atoms with van der Waals surface area (Å²) in [5.41, 5.74) is 4.40. The Balaban J connectivity index is 2.50. The third-order valence-corrected chi connectivity index (χ3v) is 3.20. The van der Waals surface area contributed by atoms with Gasteiger partial charge in [0.05, 0.1) is 18.4 Å². The van der Waals surface area contributed by atoms with Gasteiger partial charge in [0, 0.05) is 6.20 Å². The fourth-order valence-corrected chi connectivity index (χ4v) is 1.89. The molecule has 0 aliphatic carbocycles. The number of aryl methyl sites for hydroxylation is 2. The molecule has 0 saturated carbocycles. The molecule has 0 unspecified atom stereocenters. The molecule has 1 aromatic carbocycles. The van der Waals surface area contributed by atoms with Gasteiger partial charge in [-0.3, -0.25) is 4.98 Å². The van der Waals surface area contributed by atoms with E-state index in [4.69, 9.17) is 4.74 Å². The summed E-state index contributed by atoms with van der Waals surface area (Å²) < 4.78 is 4.87. The third-order valence-electron chi connectivity index (χ3n) is 3.20. The van der Waals surface area contributed by atoms with Gasteiger partial charge in [-0.05, 0) is 48.7 Å². The quantitative estimate of drug-likeness (QED) is 0.632. The van der Waals surface area contributed by atoms with Crippen LogP contribution in [0.4, 0.5) is 0 Å². The monoisotopic (exact) mass is 267 g/mol. The maximum atomic E-state index is 12.0.